The van der Waals surface area contributed by atoms with E-state index in [1.165, 1.54) is 12.1 Å². The number of nitrogens with zero attached hydrogens (tertiary/aromatic N) is 1. The van der Waals surface area contributed by atoms with Crippen molar-refractivity contribution < 1.29 is 33.3 Å². The highest BCUT2D eigenvalue weighted by molar-refractivity contribution is 5.72. The number of ether oxygens (including phenoxy) is 3. The molecule has 0 aliphatic carbocycles. The maximum atomic E-state index is 13.2. The number of aliphatic carboxylic acids is 1. The fraction of sp³-hybridized carbons (Fsp3) is 0.517. The second-order valence-corrected chi connectivity index (χ2v) is 9.05. The summed E-state index contributed by atoms with van der Waals surface area (Å²) in [6.07, 6.45) is 3.10. The van der Waals surface area contributed by atoms with Crippen LogP contribution in [-0.4, -0.2) is 54.5 Å². The summed E-state index contributed by atoms with van der Waals surface area (Å²) in [6.45, 7) is 7.68. The van der Waals surface area contributed by atoms with E-state index in [4.69, 9.17) is 14.2 Å². The number of rotatable bonds is 17. The molecule has 0 saturated carbocycles. The lowest BCUT2D eigenvalue weighted by atomic mass is 9.98. The van der Waals surface area contributed by atoms with Crippen LogP contribution in [0.1, 0.15) is 57.6 Å². The molecule has 0 aliphatic rings. The Bertz CT molecular complexity index is 928. The van der Waals surface area contributed by atoms with Crippen LogP contribution in [0.4, 0.5) is 9.18 Å². The Kier molecular flexibility index (Phi) is 13.5. The molecule has 0 aliphatic heterocycles. The first kappa shape index (κ1) is 30.1. The maximum absolute atomic E-state index is 13.2. The molecule has 8 heteroatoms. The zero-order valence-electron chi connectivity index (χ0n) is 22.2. The minimum absolute atomic E-state index is 0.0727. The average Bonchev–Trinajstić information content (AvgIpc) is 2.88. The number of hydrogen-bond acceptors (Lipinski definition) is 5. The molecule has 0 aromatic heterocycles. The topological polar surface area (TPSA) is 85.3 Å². The molecular formula is C29H40FNO6. The van der Waals surface area contributed by atoms with E-state index in [0.29, 0.717) is 31.4 Å². The predicted octanol–water partition coefficient (Wildman–Crippen LogP) is 6.09. The van der Waals surface area contributed by atoms with E-state index in [1.54, 1.807) is 36.1 Å². The summed E-state index contributed by atoms with van der Waals surface area (Å²) in [5, 5.41) is 9.27. The van der Waals surface area contributed by atoms with Gasteiger partial charge in [0.1, 0.15) is 24.8 Å². The van der Waals surface area contributed by atoms with Crippen LogP contribution in [-0.2, 0) is 27.3 Å². The van der Waals surface area contributed by atoms with Gasteiger partial charge in [0.15, 0.2) is 6.10 Å². The SMILES string of the molecule is CCCC(CCC)CN(CCOc1ccc(CC(OCC)C(=O)O)cc1)C(=O)OCc1ccc(F)cc1. The van der Waals surface area contributed by atoms with Crippen LogP contribution < -0.4 is 4.74 Å². The maximum Gasteiger partial charge on any atom is 0.410 e. The molecule has 2 aromatic carbocycles. The van der Waals surface area contributed by atoms with Crippen molar-refractivity contribution in [3.05, 3.63) is 65.5 Å². The Morgan fingerprint density at radius 2 is 1.57 bits per heavy atom. The molecular weight excluding hydrogens is 477 g/mol. The van der Waals surface area contributed by atoms with Crippen LogP contribution in [0.3, 0.4) is 0 Å². The monoisotopic (exact) mass is 517 g/mol. The van der Waals surface area contributed by atoms with Crippen molar-refractivity contribution in [1.82, 2.24) is 4.90 Å². The number of carbonyl (C=O) groups is 2. The molecule has 0 bridgehead atoms. The Morgan fingerprint density at radius 3 is 2.14 bits per heavy atom. The molecule has 2 aromatic rings. The fourth-order valence-electron chi connectivity index (χ4n) is 4.16. The van der Waals surface area contributed by atoms with Crippen molar-refractivity contribution >= 4 is 12.1 Å². The summed E-state index contributed by atoms with van der Waals surface area (Å²) in [7, 11) is 0. The highest BCUT2D eigenvalue weighted by Crippen LogP contribution is 2.18. The summed E-state index contributed by atoms with van der Waals surface area (Å²) in [6, 6.07) is 13.1. The first-order valence-corrected chi connectivity index (χ1v) is 13.1. The molecule has 0 spiro atoms. The second kappa shape index (κ2) is 16.6. The number of benzene rings is 2. The number of hydrogen-bond donors (Lipinski definition) is 1. The van der Waals surface area contributed by atoms with Crippen LogP contribution >= 0.6 is 0 Å². The third-order valence-corrected chi connectivity index (χ3v) is 6.02. The molecule has 7 nitrogen and oxygen atoms in total. The lowest BCUT2D eigenvalue weighted by molar-refractivity contribution is -0.149. The van der Waals surface area contributed by atoms with Gasteiger partial charge in [-0.05, 0) is 61.1 Å². The van der Waals surface area contributed by atoms with E-state index in [-0.39, 0.29) is 25.5 Å². The third-order valence-electron chi connectivity index (χ3n) is 6.02. The average molecular weight is 518 g/mol. The Hall–Kier alpha value is -3.13. The lowest BCUT2D eigenvalue weighted by Gasteiger charge is -2.27. The van der Waals surface area contributed by atoms with Gasteiger partial charge in [0.25, 0.3) is 0 Å². The third kappa shape index (κ3) is 11.2. The van der Waals surface area contributed by atoms with E-state index in [1.807, 2.05) is 12.1 Å². The van der Waals surface area contributed by atoms with Crippen molar-refractivity contribution in [2.24, 2.45) is 5.92 Å². The molecule has 1 amide bonds. The van der Waals surface area contributed by atoms with Gasteiger partial charge in [-0.3, -0.25) is 0 Å². The first-order valence-electron chi connectivity index (χ1n) is 13.1. The van der Waals surface area contributed by atoms with E-state index < -0.39 is 18.2 Å². The van der Waals surface area contributed by atoms with E-state index in [0.717, 1.165) is 36.8 Å². The van der Waals surface area contributed by atoms with Gasteiger partial charge in [0.2, 0.25) is 0 Å². The largest absolute Gasteiger partial charge is 0.492 e. The van der Waals surface area contributed by atoms with Crippen LogP contribution in [0, 0.1) is 11.7 Å². The molecule has 204 valence electrons. The molecule has 0 heterocycles. The Balaban J connectivity index is 1.96. The van der Waals surface area contributed by atoms with Gasteiger partial charge in [-0.1, -0.05) is 51.0 Å². The number of carbonyl (C=O) groups excluding carboxylic acids is 1. The van der Waals surface area contributed by atoms with Gasteiger partial charge in [-0.15, -0.1) is 0 Å². The quantitative estimate of drug-likeness (QED) is 0.273. The molecule has 0 radical (unpaired) electrons. The van der Waals surface area contributed by atoms with Crippen LogP contribution in [0.25, 0.3) is 0 Å². The van der Waals surface area contributed by atoms with Crippen LogP contribution in [0.15, 0.2) is 48.5 Å². The minimum Gasteiger partial charge on any atom is -0.492 e. The molecule has 1 unspecified atom stereocenters. The van der Waals surface area contributed by atoms with E-state index in [9.17, 15) is 19.1 Å². The highest BCUT2D eigenvalue weighted by atomic mass is 19.1. The normalized spacial score (nSPS) is 11.8. The van der Waals surface area contributed by atoms with Gasteiger partial charge in [0, 0.05) is 19.6 Å². The zero-order valence-corrected chi connectivity index (χ0v) is 22.2. The van der Waals surface area contributed by atoms with Crippen LogP contribution in [0.2, 0.25) is 0 Å². The zero-order chi connectivity index (χ0) is 27.0. The van der Waals surface area contributed by atoms with E-state index in [2.05, 4.69) is 13.8 Å². The van der Waals surface area contributed by atoms with Gasteiger partial charge in [-0.2, -0.15) is 0 Å². The number of amides is 1. The number of carboxylic acid groups (broad SMARTS) is 1. The van der Waals surface area contributed by atoms with E-state index >= 15 is 0 Å². The molecule has 1 N–H and O–H groups in total. The second-order valence-electron chi connectivity index (χ2n) is 9.05. The summed E-state index contributed by atoms with van der Waals surface area (Å²) in [4.78, 5) is 25.9. The van der Waals surface area contributed by atoms with Gasteiger partial charge >= 0.3 is 12.1 Å². The predicted molar refractivity (Wildman–Crippen MR) is 140 cm³/mol. The Labute approximate surface area is 219 Å². The standard InChI is InChI=1S/C29H40FNO6/c1-4-7-23(8-5-2)20-31(29(34)37-21-24-9-13-25(30)14-10-24)17-18-36-26-15-11-22(12-16-26)19-27(28(32)33)35-6-3/h9-16,23,27H,4-8,17-21H2,1-3H3,(H,32,33). The number of carboxylic acids is 1. The molecule has 0 saturated heterocycles. The molecule has 0 fully saturated rings. The lowest BCUT2D eigenvalue weighted by Crippen LogP contribution is -2.38. The van der Waals surface area contributed by atoms with Crippen molar-refractivity contribution in [3.8, 4) is 5.75 Å². The van der Waals surface area contributed by atoms with Gasteiger partial charge in [0.05, 0.1) is 6.54 Å². The summed E-state index contributed by atoms with van der Waals surface area (Å²) >= 11 is 0. The molecule has 2 rings (SSSR count). The summed E-state index contributed by atoms with van der Waals surface area (Å²) in [5.74, 6) is -0.316. The van der Waals surface area contributed by atoms with Crippen molar-refractivity contribution in [1.29, 1.82) is 0 Å². The van der Waals surface area contributed by atoms with Crippen molar-refractivity contribution in [3.63, 3.8) is 0 Å². The van der Waals surface area contributed by atoms with Gasteiger partial charge in [-0.25, -0.2) is 14.0 Å². The van der Waals surface area contributed by atoms with Gasteiger partial charge < -0.3 is 24.2 Å². The highest BCUT2D eigenvalue weighted by Gasteiger charge is 2.21. The summed E-state index contributed by atoms with van der Waals surface area (Å²) < 4.78 is 29.8. The molecule has 1 atom stereocenters. The molecule has 37 heavy (non-hydrogen) atoms. The fourth-order valence-corrected chi connectivity index (χ4v) is 4.16. The Morgan fingerprint density at radius 1 is 0.946 bits per heavy atom. The van der Waals surface area contributed by atoms with Crippen molar-refractivity contribution in [2.45, 2.75) is 65.6 Å². The smallest absolute Gasteiger partial charge is 0.410 e. The van der Waals surface area contributed by atoms with Crippen molar-refractivity contribution in [2.75, 3.05) is 26.3 Å². The minimum atomic E-state index is -0.988. The summed E-state index contributed by atoms with van der Waals surface area (Å²) in [5.41, 5.74) is 1.56. The number of halogens is 1. The van der Waals surface area contributed by atoms with Crippen LogP contribution in [0.5, 0.6) is 5.75 Å². The first-order chi connectivity index (χ1) is 17.9.